The van der Waals surface area contributed by atoms with Gasteiger partial charge in [-0.1, -0.05) is 18.2 Å². The number of nitrogens with one attached hydrogen (secondary N) is 1. The van der Waals surface area contributed by atoms with Crippen LogP contribution in [-0.4, -0.2) is 57.2 Å². The van der Waals surface area contributed by atoms with Crippen molar-refractivity contribution >= 4 is 52.3 Å². The summed E-state index contributed by atoms with van der Waals surface area (Å²) in [4.78, 5) is 26.8. The van der Waals surface area contributed by atoms with Crippen LogP contribution in [0.5, 0.6) is 0 Å². The lowest BCUT2D eigenvalue weighted by Crippen LogP contribution is -2.34. The number of para-hydroxylation sites is 1. The van der Waals surface area contributed by atoms with E-state index in [4.69, 9.17) is 15.8 Å². The van der Waals surface area contributed by atoms with Gasteiger partial charge in [-0.3, -0.25) is 0 Å². The number of thioether (sulfide) groups is 1. The van der Waals surface area contributed by atoms with Gasteiger partial charge in [-0.05, 0) is 43.5 Å². The van der Waals surface area contributed by atoms with E-state index in [1.165, 1.54) is 11.6 Å². The standard InChI is InChI=1S/C24H28N6O2S/c1-16-19(8-9-21(31)32)22(29-24(25)27-16)26-10-4-6-18-15-17-5-2-3-7-20(17)28-23(18)30-11-13-33-14-12-30/h2-3,5,7-9,15H,4,6,10-14H2,1H3,(H,31,32)(H3,25,26,27,29). The van der Waals surface area contributed by atoms with Gasteiger partial charge in [-0.15, -0.1) is 0 Å². The van der Waals surface area contributed by atoms with Crippen LogP contribution in [0.4, 0.5) is 17.6 Å². The highest BCUT2D eigenvalue weighted by Gasteiger charge is 2.17. The number of pyridine rings is 1. The fourth-order valence-electron chi connectivity index (χ4n) is 3.96. The molecule has 1 saturated heterocycles. The Labute approximate surface area is 197 Å². The van der Waals surface area contributed by atoms with Crippen LogP contribution in [0.2, 0.25) is 0 Å². The van der Waals surface area contributed by atoms with Crippen LogP contribution in [-0.2, 0) is 11.2 Å². The second-order valence-corrected chi connectivity index (χ2v) is 9.12. The molecule has 0 spiro atoms. The Morgan fingerprint density at radius 1 is 1.24 bits per heavy atom. The first-order valence-electron chi connectivity index (χ1n) is 11.0. The van der Waals surface area contributed by atoms with Crippen molar-refractivity contribution in [2.75, 3.05) is 47.1 Å². The third-order valence-corrected chi connectivity index (χ3v) is 6.49. The minimum absolute atomic E-state index is 0.159. The SMILES string of the molecule is Cc1nc(N)nc(NCCCc2cc3ccccc3nc2N2CCSCC2)c1C=CC(=O)O. The Morgan fingerprint density at radius 3 is 2.82 bits per heavy atom. The predicted octanol–water partition coefficient (Wildman–Crippen LogP) is 3.61. The number of aliphatic carboxylic acids is 1. The second kappa shape index (κ2) is 10.5. The molecule has 4 rings (SSSR count). The van der Waals surface area contributed by atoms with Gasteiger partial charge in [0.05, 0.1) is 11.2 Å². The lowest BCUT2D eigenvalue weighted by atomic mass is 10.1. The first kappa shape index (κ1) is 22.8. The third-order valence-electron chi connectivity index (χ3n) is 5.55. The topological polar surface area (TPSA) is 117 Å². The number of nitrogens with two attached hydrogens (primary N) is 1. The number of carboxylic acids is 1. The number of fused-ring (bicyclic) bond motifs is 1. The van der Waals surface area contributed by atoms with E-state index in [9.17, 15) is 4.79 Å². The van der Waals surface area contributed by atoms with E-state index in [1.807, 2.05) is 23.9 Å². The molecule has 172 valence electrons. The molecule has 1 fully saturated rings. The summed E-state index contributed by atoms with van der Waals surface area (Å²) < 4.78 is 0. The lowest BCUT2D eigenvalue weighted by Gasteiger charge is -2.29. The number of anilines is 3. The van der Waals surface area contributed by atoms with Crippen molar-refractivity contribution in [3.8, 4) is 0 Å². The minimum atomic E-state index is -1.02. The number of aromatic nitrogens is 3. The van der Waals surface area contributed by atoms with Crippen LogP contribution in [0.15, 0.2) is 36.4 Å². The molecule has 0 atom stereocenters. The van der Waals surface area contributed by atoms with Gasteiger partial charge in [0.25, 0.3) is 0 Å². The molecule has 33 heavy (non-hydrogen) atoms. The Morgan fingerprint density at radius 2 is 2.03 bits per heavy atom. The maximum Gasteiger partial charge on any atom is 0.328 e. The summed E-state index contributed by atoms with van der Waals surface area (Å²) >= 11 is 1.99. The van der Waals surface area contributed by atoms with Crippen LogP contribution in [0, 0.1) is 6.92 Å². The second-order valence-electron chi connectivity index (χ2n) is 7.89. The van der Waals surface area contributed by atoms with Gasteiger partial charge in [0.15, 0.2) is 0 Å². The molecule has 0 radical (unpaired) electrons. The van der Waals surface area contributed by atoms with Crippen molar-refractivity contribution < 1.29 is 9.90 Å². The summed E-state index contributed by atoms with van der Waals surface area (Å²) in [7, 11) is 0. The van der Waals surface area contributed by atoms with Crippen LogP contribution in [0.1, 0.15) is 23.2 Å². The largest absolute Gasteiger partial charge is 0.478 e. The number of carbonyl (C=O) groups is 1. The lowest BCUT2D eigenvalue weighted by molar-refractivity contribution is -0.131. The molecular weight excluding hydrogens is 436 g/mol. The highest BCUT2D eigenvalue weighted by molar-refractivity contribution is 7.99. The van der Waals surface area contributed by atoms with E-state index in [0.717, 1.165) is 60.2 Å². The summed E-state index contributed by atoms with van der Waals surface area (Å²) in [5, 5.41) is 13.4. The normalized spacial score (nSPS) is 14.2. The van der Waals surface area contributed by atoms with Crippen molar-refractivity contribution in [3.63, 3.8) is 0 Å². The van der Waals surface area contributed by atoms with Crippen LogP contribution in [0.25, 0.3) is 17.0 Å². The smallest absolute Gasteiger partial charge is 0.328 e. The summed E-state index contributed by atoms with van der Waals surface area (Å²) in [6, 6.07) is 10.5. The molecule has 0 unspecified atom stereocenters. The molecule has 3 aromatic rings. The van der Waals surface area contributed by atoms with E-state index in [2.05, 4.69) is 38.4 Å². The summed E-state index contributed by atoms with van der Waals surface area (Å²) in [5.74, 6) is 3.01. The van der Waals surface area contributed by atoms with Crippen molar-refractivity contribution in [1.29, 1.82) is 0 Å². The number of carboxylic acid groups (broad SMARTS) is 1. The minimum Gasteiger partial charge on any atom is -0.478 e. The van der Waals surface area contributed by atoms with Gasteiger partial charge < -0.3 is 21.1 Å². The van der Waals surface area contributed by atoms with Gasteiger partial charge in [-0.2, -0.15) is 16.7 Å². The highest BCUT2D eigenvalue weighted by Crippen LogP contribution is 2.27. The summed E-state index contributed by atoms with van der Waals surface area (Å²) in [6.45, 7) is 4.47. The number of rotatable bonds is 8. The maximum absolute atomic E-state index is 11.0. The van der Waals surface area contributed by atoms with E-state index in [-0.39, 0.29) is 5.95 Å². The molecule has 0 amide bonds. The van der Waals surface area contributed by atoms with Crippen molar-refractivity contribution in [3.05, 3.63) is 53.2 Å². The first-order valence-corrected chi connectivity index (χ1v) is 12.2. The summed E-state index contributed by atoms with van der Waals surface area (Å²) in [5.41, 5.74) is 9.34. The number of hydrogen-bond donors (Lipinski definition) is 3. The van der Waals surface area contributed by atoms with Crippen LogP contribution >= 0.6 is 11.8 Å². The Hall–Kier alpha value is -3.33. The van der Waals surface area contributed by atoms with Crippen molar-refractivity contribution in [2.45, 2.75) is 19.8 Å². The molecule has 8 nitrogen and oxygen atoms in total. The van der Waals surface area contributed by atoms with Crippen LogP contribution < -0.4 is 16.0 Å². The fraction of sp³-hybridized carbons (Fsp3) is 0.333. The summed E-state index contributed by atoms with van der Waals surface area (Å²) in [6.07, 6.45) is 4.31. The van der Waals surface area contributed by atoms with Gasteiger partial charge in [0.2, 0.25) is 5.95 Å². The fourth-order valence-corrected chi connectivity index (χ4v) is 4.86. The predicted molar refractivity (Wildman–Crippen MR) is 136 cm³/mol. The van der Waals surface area contributed by atoms with Gasteiger partial charge in [-0.25, -0.2) is 14.8 Å². The van der Waals surface area contributed by atoms with E-state index < -0.39 is 5.97 Å². The molecule has 1 aliphatic rings. The van der Waals surface area contributed by atoms with Crippen LogP contribution in [0.3, 0.4) is 0 Å². The Bertz CT molecular complexity index is 1180. The molecule has 1 aliphatic heterocycles. The number of hydrogen-bond acceptors (Lipinski definition) is 8. The van der Waals surface area contributed by atoms with E-state index >= 15 is 0 Å². The maximum atomic E-state index is 11.0. The van der Waals surface area contributed by atoms with Gasteiger partial charge >= 0.3 is 5.97 Å². The Kier molecular flexibility index (Phi) is 7.29. The quantitative estimate of drug-likeness (QED) is 0.339. The third kappa shape index (κ3) is 5.73. The highest BCUT2D eigenvalue weighted by atomic mass is 32.2. The van der Waals surface area contributed by atoms with Crippen molar-refractivity contribution in [2.24, 2.45) is 0 Å². The van der Waals surface area contributed by atoms with Gasteiger partial charge in [0, 0.05) is 48.2 Å². The molecular formula is C24H28N6O2S. The number of aryl methyl sites for hydroxylation is 2. The molecule has 4 N–H and O–H groups in total. The molecule has 0 bridgehead atoms. The first-order chi connectivity index (χ1) is 16.0. The monoisotopic (exact) mass is 464 g/mol. The molecule has 1 aromatic carbocycles. The zero-order valence-electron chi connectivity index (χ0n) is 18.6. The average molecular weight is 465 g/mol. The van der Waals surface area contributed by atoms with Gasteiger partial charge in [0.1, 0.15) is 11.6 Å². The zero-order valence-corrected chi connectivity index (χ0v) is 19.4. The molecule has 0 saturated carbocycles. The Balaban J connectivity index is 1.50. The number of nitrogen functional groups attached to an aromatic ring is 1. The van der Waals surface area contributed by atoms with E-state index in [0.29, 0.717) is 23.6 Å². The van der Waals surface area contributed by atoms with E-state index in [1.54, 1.807) is 6.92 Å². The number of nitrogens with zero attached hydrogens (tertiary/aromatic N) is 4. The average Bonchev–Trinajstić information content (AvgIpc) is 2.81. The molecule has 0 aliphatic carbocycles. The molecule has 2 aromatic heterocycles. The number of benzene rings is 1. The molecule has 3 heterocycles. The van der Waals surface area contributed by atoms with Crippen molar-refractivity contribution in [1.82, 2.24) is 15.0 Å². The zero-order chi connectivity index (χ0) is 23.2. The molecule has 9 heteroatoms.